The number of carbonyl (C=O) groups is 1. The number of hydrogen-bond donors (Lipinski definition) is 2. The predicted molar refractivity (Wildman–Crippen MR) is 75.3 cm³/mol. The highest BCUT2D eigenvalue weighted by Gasteiger charge is 2.17. The Morgan fingerprint density at radius 1 is 1.42 bits per heavy atom. The fraction of sp³-hybridized carbons (Fsp3) is 0.533. The van der Waals surface area contributed by atoms with Gasteiger partial charge in [-0.25, -0.2) is 0 Å². The first-order chi connectivity index (χ1) is 9.31. The van der Waals surface area contributed by atoms with Gasteiger partial charge in [-0.05, 0) is 38.1 Å². The molecule has 1 aromatic carbocycles. The van der Waals surface area contributed by atoms with E-state index in [1.165, 1.54) is 0 Å². The Balaban J connectivity index is 1.93. The number of ether oxygens (including phenoxy) is 1. The minimum absolute atomic E-state index is 0.0265. The van der Waals surface area contributed by atoms with Crippen molar-refractivity contribution in [3.63, 3.8) is 0 Å². The minimum Gasteiger partial charge on any atom is -0.381 e. The lowest BCUT2D eigenvalue weighted by atomic mass is 10.0. The van der Waals surface area contributed by atoms with E-state index in [1.807, 2.05) is 31.3 Å². The topological polar surface area (TPSA) is 50.4 Å². The fourth-order valence-corrected chi connectivity index (χ4v) is 2.30. The minimum atomic E-state index is 0.0265. The highest BCUT2D eigenvalue weighted by atomic mass is 16.5. The molecular weight excluding hydrogens is 240 g/mol. The van der Waals surface area contributed by atoms with Crippen LogP contribution in [0.1, 0.15) is 22.3 Å². The van der Waals surface area contributed by atoms with E-state index in [1.54, 1.807) is 0 Å². The summed E-state index contributed by atoms with van der Waals surface area (Å²) in [5.41, 5.74) is 1.88. The van der Waals surface area contributed by atoms with Crippen molar-refractivity contribution in [2.24, 2.45) is 5.92 Å². The zero-order valence-electron chi connectivity index (χ0n) is 11.4. The highest BCUT2D eigenvalue weighted by molar-refractivity contribution is 5.95. The van der Waals surface area contributed by atoms with E-state index in [-0.39, 0.29) is 5.91 Å². The summed E-state index contributed by atoms with van der Waals surface area (Å²) in [6.07, 6.45) is 1.91. The SMILES string of the molecule is CNCCc1ccccc1C(=O)NCC1CCOC1. The largest absolute Gasteiger partial charge is 0.381 e. The first kappa shape index (κ1) is 14.0. The van der Waals surface area contributed by atoms with Crippen molar-refractivity contribution in [2.45, 2.75) is 12.8 Å². The molecule has 1 fully saturated rings. The van der Waals surface area contributed by atoms with Gasteiger partial charge in [-0.15, -0.1) is 0 Å². The highest BCUT2D eigenvalue weighted by Crippen LogP contribution is 2.12. The number of nitrogens with one attached hydrogen (secondary N) is 2. The lowest BCUT2D eigenvalue weighted by molar-refractivity contribution is 0.0944. The predicted octanol–water partition coefficient (Wildman–Crippen LogP) is 1.21. The van der Waals surface area contributed by atoms with Crippen molar-refractivity contribution < 1.29 is 9.53 Å². The number of benzene rings is 1. The first-order valence-corrected chi connectivity index (χ1v) is 6.89. The van der Waals surface area contributed by atoms with Crippen LogP contribution in [0.2, 0.25) is 0 Å². The number of likely N-dealkylation sites (N-methyl/N-ethyl adjacent to an activating group) is 1. The van der Waals surface area contributed by atoms with Crippen LogP contribution >= 0.6 is 0 Å². The van der Waals surface area contributed by atoms with Crippen molar-refractivity contribution in [3.8, 4) is 0 Å². The molecule has 4 heteroatoms. The molecule has 1 heterocycles. The summed E-state index contributed by atoms with van der Waals surface area (Å²) < 4.78 is 5.31. The Morgan fingerprint density at radius 2 is 2.26 bits per heavy atom. The van der Waals surface area contributed by atoms with Gasteiger partial charge in [0, 0.05) is 24.6 Å². The Hall–Kier alpha value is -1.39. The molecule has 0 bridgehead atoms. The molecule has 104 valence electrons. The lowest BCUT2D eigenvalue weighted by Gasteiger charge is -2.12. The molecule has 0 saturated carbocycles. The molecule has 1 amide bonds. The van der Waals surface area contributed by atoms with Gasteiger partial charge in [0.25, 0.3) is 5.91 Å². The van der Waals surface area contributed by atoms with Gasteiger partial charge < -0.3 is 15.4 Å². The van der Waals surface area contributed by atoms with Crippen LogP contribution in [0, 0.1) is 5.92 Å². The molecule has 0 spiro atoms. The van der Waals surface area contributed by atoms with Crippen molar-refractivity contribution in [1.82, 2.24) is 10.6 Å². The molecular formula is C15H22N2O2. The summed E-state index contributed by atoms with van der Waals surface area (Å²) in [6, 6.07) is 7.81. The van der Waals surface area contributed by atoms with E-state index in [9.17, 15) is 4.79 Å². The summed E-state index contributed by atoms with van der Waals surface area (Å²) in [5, 5.41) is 6.13. The molecule has 1 saturated heterocycles. The van der Waals surface area contributed by atoms with Gasteiger partial charge in [0.15, 0.2) is 0 Å². The van der Waals surface area contributed by atoms with Crippen LogP contribution in [0.5, 0.6) is 0 Å². The van der Waals surface area contributed by atoms with Crippen LogP contribution < -0.4 is 10.6 Å². The van der Waals surface area contributed by atoms with Gasteiger partial charge in [-0.1, -0.05) is 18.2 Å². The van der Waals surface area contributed by atoms with Crippen LogP contribution in [-0.2, 0) is 11.2 Å². The molecule has 4 nitrogen and oxygen atoms in total. The molecule has 0 aromatic heterocycles. The zero-order chi connectivity index (χ0) is 13.5. The van der Waals surface area contributed by atoms with Crippen LogP contribution in [0.15, 0.2) is 24.3 Å². The second-order valence-corrected chi connectivity index (χ2v) is 4.95. The molecule has 1 aliphatic heterocycles. The van der Waals surface area contributed by atoms with E-state index < -0.39 is 0 Å². The van der Waals surface area contributed by atoms with Crippen LogP contribution in [0.3, 0.4) is 0 Å². The Morgan fingerprint density at radius 3 is 3.00 bits per heavy atom. The van der Waals surface area contributed by atoms with E-state index in [2.05, 4.69) is 10.6 Å². The maximum atomic E-state index is 12.2. The van der Waals surface area contributed by atoms with Gasteiger partial charge in [0.2, 0.25) is 0 Å². The lowest BCUT2D eigenvalue weighted by Crippen LogP contribution is -2.30. The van der Waals surface area contributed by atoms with Gasteiger partial charge in [0.1, 0.15) is 0 Å². The molecule has 1 atom stereocenters. The third-order valence-electron chi connectivity index (χ3n) is 3.48. The molecule has 1 aliphatic rings. The molecule has 1 aromatic rings. The Kier molecular flexibility index (Phi) is 5.36. The third kappa shape index (κ3) is 4.04. The van der Waals surface area contributed by atoms with Crippen molar-refractivity contribution in [2.75, 3.05) is 33.4 Å². The van der Waals surface area contributed by atoms with Gasteiger partial charge in [0.05, 0.1) is 6.61 Å². The zero-order valence-corrected chi connectivity index (χ0v) is 11.4. The van der Waals surface area contributed by atoms with Crippen molar-refractivity contribution in [3.05, 3.63) is 35.4 Å². The Labute approximate surface area is 114 Å². The monoisotopic (exact) mass is 262 g/mol. The first-order valence-electron chi connectivity index (χ1n) is 6.89. The number of carbonyl (C=O) groups excluding carboxylic acids is 1. The second kappa shape index (κ2) is 7.26. The van der Waals surface area contributed by atoms with E-state index in [4.69, 9.17) is 4.74 Å². The smallest absolute Gasteiger partial charge is 0.251 e. The average molecular weight is 262 g/mol. The van der Waals surface area contributed by atoms with Crippen LogP contribution in [0.25, 0.3) is 0 Å². The molecule has 0 aliphatic carbocycles. The maximum Gasteiger partial charge on any atom is 0.251 e. The van der Waals surface area contributed by atoms with E-state index >= 15 is 0 Å². The third-order valence-corrected chi connectivity index (χ3v) is 3.48. The molecule has 0 radical (unpaired) electrons. The summed E-state index contributed by atoms with van der Waals surface area (Å²) in [6.45, 7) is 3.17. The van der Waals surface area contributed by atoms with Crippen molar-refractivity contribution >= 4 is 5.91 Å². The fourth-order valence-electron chi connectivity index (χ4n) is 2.30. The summed E-state index contributed by atoms with van der Waals surface area (Å²) in [7, 11) is 1.92. The summed E-state index contributed by atoms with van der Waals surface area (Å²) in [4.78, 5) is 12.2. The molecule has 2 rings (SSSR count). The van der Waals surface area contributed by atoms with Gasteiger partial charge in [-0.3, -0.25) is 4.79 Å². The summed E-state index contributed by atoms with van der Waals surface area (Å²) >= 11 is 0. The second-order valence-electron chi connectivity index (χ2n) is 4.95. The standard InChI is InChI=1S/C15H22N2O2/c1-16-8-6-13-4-2-3-5-14(13)15(18)17-10-12-7-9-19-11-12/h2-5,12,16H,6-11H2,1H3,(H,17,18). The van der Waals surface area contributed by atoms with Crippen LogP contribution in [0.4, 0.5) is 0 Å². The van der Waals surface area contributed by atoms with E-state index in [0.29, 0.717) is 12.5 Å². The average Bonchev–Trinajstić information content (AvgIpc) is 2.96. The molecule has 19 heavy (non-hydrogen) atoms. The summed E-state index contributed by atoms with van der Waals surface area (Å²) in [5.74, 6) is 0.493. The van der Waals surface area contributed by atoms with Crippen LogP contribution in [-0.4, -0.2) is 39.3 Å². The number of hydrogen-bond acceptors (Lipinski definition) is 3. The number of rotatable bonds is 6. The molecule has 1 unspecified atom stereocenters. The van der Waals surface area contributed by atoms with Gasteiger partial charge >= 0.3 is 0 Å². The maximum absolute atomic E-state index is 12.2. The molecule has 2 N–H and O–H groups in total. The Bertz CT molecular complexity index is 414. The normalized spacial score (nSPS) is 18.5. The quantitative estimate of drug-likeness (QED) is 0.810. The number of amides is 1. The van der Waals surface area contributed by atoms with Gasteiger partial charge in [-0.2, -0.15) is 0 Å². The van der Waals surface area contributed by atoms with E-state index in [0.717, 1.165) is 43.7 Å². The van der Waals surface area contributed by atoms with Crippen molar-refractivity contribution in [1.29, 1.82) is 0 Å².